The number of carbonyl (C=O) groups is 2. The molecule has 0 spiro atoms. The second-order valence-corrected chi connectivity index (χ2v) is 4.99. The van der Waals surface area contributed by atoms with E-state index in [9.17, 15) is 9.59 Å². The Morgan fingerprint density at radius 1 is 1.53 bits per heavy atom. The van der Waals surface area contributed by atoms with Gasteiger partial charge in [0.05, 0.1) is 4.47 Å². The molecule has 6 nitrogen and oxygen atoms in total. The van der Waals surface area contributed by atoms with Crippen LogP contribution in [0.2, 0.25) is 0 Å². The number of aliphatic carboxylic acids is 1. The minimum atomic E-state index is -1.08. The summed E-state index contributed by atoms with van der Waals surface area (Å²) in [5.41, 5.74) is 0. The van der Waals surface area contributed by atoms with Gasteiger partial charge in [-0.05, 0) is 15.9 Å². The summed E-state index contributed by atoms with van der Waals surface area (Å²) in [6, 6.07) is -0.940. The topological polar surface area (TPSA) is 92.2 Å². The zero-order valence-electron chi connectivity index (χ0n) is 8.88. The first-order chi connectivity index (χ1) is 7.99. The summed E-state index contributed by atoms with van der Waals surface area (Å²) in [5.74, 6) is -1.28. The van der Waals surface area contributed by atoms with Crippen LogP contribution < -0.4 is 5.32 Å². The Labute approximate surface area is 110 Å². The molecule has 2 N–H and O–H groups in total. The fraction of sp³-hybridized carbons (Fsp3) is 0.333. The summed E-state index contributed by atoms with van der Waals surface area (Å²) in [5, 5.41) is 11.7. The molecule has 1 aromatic heterocycles. The number of nitrogens with zero attached hydrogens (tertiary/aromatic N) is 2. The number of rotatable bonds is 5. The van der Waals surface area contributed by atoms with Gasteiger partial charge < -0.3 is 10.4 Å². The van der Waals surface area contributed by atoms with Crippen molar-refractivity contribution in [2.24, 2.45) is 0 Å². The lowest BCUT2D eigenvalue weighted by Crippen LogP contribution is -2.41. The van der Waals surface area contributed by atoms with Gasteiger partial charge in [0.1, 0.15) is 6.04 Å². The number of carboxylic acids is 1. The van der Waals surface area contributed by atoms with Gasteiger partial charge in [-0.1, -0.05) is 11.8 Å². The van der Waals surface area contributed by atoms with Crippen LogP contribution in [0.25, 0.3) is 0 Å². The van der Waals surface area contributed by atoms with Crippen molar-refractivity contribution in [3.63, 3.8) is 0 Å². The maximum Gasteiger partial charge on any atom is 0.327 e. The van der Waals surface area contributed by atoms with Crippen LogP contribution in [0.4, 0.5) is 0 Å². The Bertz CT molecular complexity index is 412. The average molecular weight is 320 g/mol. The molecule has 8 heteroatoms. The third-order valence-corrected chi connectivity index (χ3v) is 3.03. The van der Waals surface area contributed by atoms with Crippen molar-refractivity contribution in [1.29, 1.82) is 0 Å². The standard InChI is InChI=1S/C9H10BrN3O3S/c1-5(14)13-7(8(15)16)4-17-9-11-2-6(10)3-12-9/h2-3,7H,4H2,1H3,(H,13,14)(H,15,16). The van der Waals surface area contributed by atoms with E-state index >= 15 is 0 Å². The van der Waals surface area contributed by atoms with Crippen molar-refractivity contribution in [1.82, 2.24) is 15.3 Å². The molecule has 17 heavy (non-hydrogen) atoms. The second kappa shape index (κ2) is 6.55. The smallest absolute Gasteiger partial charge is 0.327 e. The normalized spacial score (nSPS) is 11.9. The number of hydrogen-bond donors (Lipinski definition) is 2. The SMILES string of the molecule is CC(=O)NC(CSc1ncc(Br)cn1)C(=O)O. The molecule has 0 radical (unpaired) electrons. The zero-order valence-corrected chi connectivity index (χ0v) is 11.3. The highest BCUT2D eigenvalue weighted by Crippen LogP contribution is 2.15. The van der Waals surface area contributed by atoms with Crippen LogP contribution in [0.5, 0.6) is 0 Å². The number of halogens is 1. The van der Waals surface area contributed by atoms with Crippen molar-refractivity contribution in [3.05, 3.63) is 16.9 Å². The Hall–Kier alpha value is -1.15. The van der Waals surface area contributed by atoms with E-state index < -0.39 is 12.0 Å². The van der Waals surface area contributed by atoms with Gasteiger partial charge in [0.2, 0.25) is 5.91 Å². The highest BCUT2D eigenvalue weighted by atomic mass is 79.9. The lowest BCUT2D eigenvalue weighted by Gasteiger charge is -2.11. The van der Waals surface area contributed by atoms with Gasteiger partial charge in [-0.2, -0.15) is 0 Å². The fourth-order valence-electron chi connectivity index (χ4n) is 0.953. The number of nitrogens with one attached hydrogen (secondary N) is 1. The minimum absolute atomic E-state index is 0.177. The van der Waals surface area contributed by atoms with Crippen LogP contribution in [-0.2, 0) is 9.59 Å². The lowest BCUT2D eigenvalue weighted by atomic mass is 10.3. The van der Waals surface area contributed by atoms with E-state index in [1.807, 2.05) is 0 Å². The van der Waals surface area contributed by atoms with Gasteiger partial charge in [0.15, 0.2) is 5.16 Å². The summed E-state index contributed by atoms with van der Waals surface area (Å²) in [7, 11) is 0. The number of thioether (sulfide) groups is 1. The molecule has 1 unspecified atom stereocenters. The first-order valence-corrected chi connectivity index (χ1v) is 6.37. The van der Waals surface area contributed by atoms with Gasteiger partial charge in [0.25, 0.3) is 0 Å². The fourth-order valence-corrected chi connectivity index (χ4v) is 1.95. The molecule has 0 saturated carbocycles. The van der Waals surface area contributed by atoms with E-state index in [-0.39, 0.29) is 11.7 Å². The molecule has 0 aliphatic heterocycles. The maximum absolute atomic E-state index is 10.8. The van der Waals surface area contributed by atoms with E-state index in [2.05, 4.69) is 31.2 Å². The van der Waals surface area contributed by atoms with E-state index in [0.717, 1.165) is 4.47 Å². The Morgan fingerprint density at radius 3 is 2.59 bits per heavy atom. The second-order valence-electron chi connectivity index (χ2n) is 3.09. The Morgan fingerprint density at radius 2 is 2.12 bits per heavy atom. The summed E-state index contributed by atoms with van der Waals surface area (Å²) in [4.78, 5) is 29.6. The van der Waals surface area contributed by atoms with Crippen molar-refractivity contribution in [2.45, 2.75) is 18.1 Å². The van der Waals surface area contributed by atoms with E-state index in [1.54, 1.807) is 12.4 Å². The van der Waals surface area contributed by atoms with Crippen LogP contribution >= 0.6 is 27.7 Å². The molecule has 0 aromatic carbocycles. The molecule has 0 aliphatic carbocycles. The van der Waals surface area contributed by atoms with Crippen LogP contribution in [0.1, 0.15) is 6.92 Å². The molecule has 92 valence electrons. The van der Waals surface area contributed by atoms with E-state index in [0.29, 0.717) is 5.16 Å². The summed E-state index contributed by atoms with van der Waals surface area (Å²) < 4.78 is 0.749. The average Bonchev–Trinajstić information content (AvgIpc) is 2.25. The van der Waals surface area contributed by atoms with Gasteiger partial charge in [-0.3, -0.25) is 4.79 Å². The van der Waals surface area contributed by atoms with Gasteiger partial charge in [0, 0.05) is 25.1 Å². The van der Waals surface area contributed by atoms with E-state index in [4.69, 9.17) is 5.11 Å². The van der Waals surface area contributed by atoms with Gasteiger partial charge in [-0.15, -0.1) is 0 Å². The first-order valence-electron chi connectivity index (χ1n) is 4.59. The summed E-state index contributed by atoms with van der Waals surface area (Å²) in [6.45, 7) is 1.27. The number of carboxylic acid groups (broad SMARTS) is 1. The maximum atomic E-state index is 10.8. The molecule has 0 saturated heterocycles. The third-order valence-electron chi connectivity index (χ3n) is 1.65. The predicted octanol–water partition coefficient (Wildman–Crippen LogP) is 0.921. The van der Waals surface area contributed by atoms with Gasteiger partial charge >= 0.3 is 5.97 Å². The number of hydrogen-bond acceptors (Lipinski definition) is 5. The molecule has 0 fully saturated rings. The van der Waals surface area contributed by atoms with Crippen LogP contribution in [0, 0.1) is 0 Å². The third kappa shape index (κ3) is 5.14. The van der Waals surface area contributed by atoms with Crippen molar-refractivity contribution >= 4 is 39.6 Å². The summed E-state index contributed by atoms with van der Waals surface area (Å²) >= 11 is 4.36. The van der Waals surface area contributed by atoms with Crippen LogP contribution in [-0.4, -0.2) is 38.7 Å². The zero-order chi connectivity index (χ0) is 12.8. The number of carbonyl (C=O) groups excluding carboxylic acids is 1. The molecule has 0 aliphatic rings. The van der Waals surface area contributed by atoms with Crippen molar-refractivity contribution in [3.8, 4) is 0 Å². The summed E-state index contributed by atoms with van der Waals surface area (Å²) in [6.07, 6.45) is 3.15. The predicted molar refractivity (Wildman–Crippen MR) is 65.7 cm³/mol. The van der Waals surface area contributed by atoms with Crippen LogP contribution in [0.15, 0.2) is 22.0 Å². The minimum Gasteiger partial charge on any atom is -0.480 e. The van der Waals surface area contributed by atoms with Crippen molar-refractivity contribution in [2.75, 3.05) is 5.75 Å². The monoisotopic (exact) mass is 319 g/mol. The molecule has 1 aromatic rings. The van der Waals surface area contributed by atoms with E-state index in [1.165, 1.54) is 18.7 Å². The Balaban J connectivity index is 2.54. The highest BCUT2D eigenvalue weighted by molar-refractivity contribution is 9.10. The molecule has 1 heterocycles. The largest absolute Gasteiger partial charge is 0.480 e. The lowest BCUT2D eigenvalue weighted by molar-refractivity contribution is -0.140. The first kappa shape index (κ1) is 13.9. The number of aromatic nitrogens is 2. The molecule has 1 amide bonds. The van der Waals surface area contributed by atoms with Gasteiger partial charge in [-0.25, -0.2) is 14.8 Å². The quantitative estimate of drug-likeness (QED) is 0.619. The molecule has 1 atom stereocenters. The highest BCUT2D eigenvalue weighted by Gasteiger charge is 2.18. The molecular formula is C9H10BrN3O3S. The van der Waals surface area contributed by atoms with Crippen LogP contribution in [0.3, 0.4) is 0 Å². The van der Waals surface area contributed by atoms with Crippen molar-refractivity contribution < 1.29 is 14.7 Å². The molecule has 0 bridgehead atoms. The molecular weight excluding hydrogens is 310 g/mol. The molecule has 1 rings (SSSR count). The Kier molecular flexibility index (Phi) is 5.36. The number of amides is 1.